The minimum absolute atomic E-state index is 0.0370. The molecule has 0 bridgehead atoms. The summed E-state index contributed by atoms with van der Waals surface area (Å²) in [5.74, 6) is -2.90. The Labute approximate surface area is 124 Å². The number of rotatable bonds is 6. The molecule has 112 valence electrons. The molecular formula is C17H20F2N2. The van der Waals surface area contributed by atoms with Gasteiger partial charge in [-0.1, -0.05) is 43.3 Å². The molecule has 0 aliphatic carbocycles. The lowest BCUT2D eigenvalue weighted by atomic mass is 10.1. The van der Waals surface area contributed by atoms with E-state index in [0.29, 0.717) is 12.2 Å². The molecule has 0 heterocycles. The van der Waals surface area contributed by atoms with E-state index in [1.165, 1.54) is 12.1 Å². The summed E-state index contributed by atoms with van der Waals surface area (Å²) >= 11 is 0. The zero-order chi connectivity index (χ0) is 15.3. The molecule has 2 rings (SSSR count). The molecule has 2 aromatic carbocycles. The number of anilines is 2. The third-order valence-electron chi connectivity index (χ3n) is 3.31. The van der Waals surface area contributed by atoms with Crippen molar-refractivity contribution in [3.8, 4) is 0 Å². The molecular weight excluding hydrogens is 270 g/mol. The summed E-state index contributed by atoms with van der Waals surface area (Å²) in [6.45, 7) is 2.18. The molecule has 0 radical (unpaired) electrons. The van der Waals surface area contributed by atoms with Crippen molar-refractivity contribution in [2.24, 2.45) is 0 Å². The van der Waals surface area contributed by atoms with Crippen molar-refractivity contribution in [3.05, 3.63) is 60.2 Å². The topological polar surface area (TPSA) is 29.3 Å². The minimum Gasteiger partial charge on any atom is -0.399 e. The lowest BCUT2D eigenvalue weighted by molar-refractivity contribution is 0.00393. The summed E-state index contributed by atoms with van der Waals surface area (Å²) in [6.07, 6.45) is 0.791. The second-order valence-electron chi connectivity index (χ2n) is 5.09. The maximum absolute atomic E-state index is 14.4. The van der Waals surface area contributed by atoms with E-state index in [4.69, 9.17) is 5.73 Å². The number of nitrogens with zero attached hydrogens (tertiary/aromatic N) is 1. The first-order valence-electron chi connectivity index (χ1n) is 7.07. The van der Waals surface area contributed by atoms with Gasteiger partial charge in [-0.2, -0.15) is 8.78 Å². The van der Waals surface area contributed by atoms with Crippen LogP contribution in [-0.4, -0.2) is 13.1 Å². The van der Waals surface area contributed by atoms with E-state index in [0.717, 1.165) is 12.1 Å². The molecule has 0 saturated carbocycles. The van der Waals surface area contributed by atoms with Crippen molar-refractivity contribution in [2.75, 3.05) is 23.7 Å². The maximum atomic E-state index is 14.4. The Morgan fingerprint density at radius 3 is 2.38 bits per heavy atom. The fourth-order valence-corrected chi connectivity index (χ4v) is 2.30. The summed E-state index contributed by atoms with van der Waals surface area (Å²) in [6, 6.07) is 15.0. The molecule has 2 N–H and O–H groups in total. The maximum Gasteiger partial charge on any atom is 0.290 e. The van der Waals surface area contributed by atoms with E-state index in [2.05, 4.69) is 0 Å². The quantitative estimate of drug-likeness (QED) is 0.805. The SMILES string of the molecule is CCCN(CC(F)(F)c1ccccc1)c1cccc(N)c1. The number of hydrogen-bond donors (Lipinski definition) is 1. The second-order valence-corrected chi connectivity index (χ2v) is 5.09. The second kappa shape index (κ2) is 6.57. The first-order valence-corrected chi connectivity index (χ1v) is 7.07. The van der Waals surface area contributed by atoms with Crippen LogP contribution in [0.5, 0.6) is 0 Å². The van der Waals surface area contributed by atoms with Gasteiger partial charge in [-0.05, 0) is 24.6 Å². The molecule has 0 fully saturated rings. The van der Waals surface area contributed by atoms with E-state index < -0.39 is 5.92 Å². The van der Waals surface area contributed by atoms with Gasteiger partial charge >= 0.3 is 0 Å². The van der Waals surface area contributed by atoms with Crippen LogP contribution >= 0.6 is 0 Å². The van der Waals surface area contributed by atoms with Crippen molar-refractivity contribution in [3.63, 3.8) is 0 Å². The standard InChI is InChI=1S/C17H20F2N2/c1-2-11-21(16-10-6-9-15(20)12-16)13-17(18,19)14-7-4-3-5-8-14/h3-10,12H,2,11,13,20H2,1H3. The van der Waals surface area contributed by atoms with Gasteiger partial charge in [0.1, 0.15) is 0 Å². The number of nitrogens with two attached hydrogens (primary N) is 1. The Kier molecular flexibility index (Phi) is 4.78. The smallest absolute Gasteiger partial charge is 0.290 e. The van der Waals surface area contributed by atoms with Gasteiger partial charge in [0.05, 0.1) is 6.54 Å². The highest BCUT2D eigenvalue weighted by atomic mass is 19.3. The van der Waals surface area contributed by atoms with Gasteiger partial charge in [-0.15, -0.1) is 0 Å². The number of benzene rings is 2. The highest BCUT2D eigenvalue weighted by Gasteiger charge is 2.33. The average Bonchev–Trinajstić information content (AvgIpc) is 2.47. The van der Waals surface area contributed by atoms with E-state index in [1.807, 2.05) is 13.0 Å². The predicted octanol–water partition coefficient (Wildman–Crippen LogP) is 4.28. The lowest BCUT2D eigenvalue weighted by Crippen LogP contribution is -2.36. The van der Waals surface area contributed by atoms with Crippen LogP contribution in [0.25, 0.3) is 0 Å². The summed E-state index contributed by atoms with van der Waals surface area (Å²) in [5.41, 5.74) is 7.10. The number of nitrogen functional groups attached to an aromatic ring is 1. The molecule has 0 atom stereocenters. The predicted molar refractivity (Wildman–Crippen MR) is 83.7 cm³/mol. The zero-order valence-corrected chi connectivity index (χ0v) is 12.1. The number of halogens is 2. The fraction of sp³-hybridized carbons (Fsp3) is 0.294. The van der Waals surface area contributed by atoms with Crippen molar-refractivity contribution < 1.29 is 8.78 Å². The molecule has 0 spiro atoms. The highest BCUT2D eigenvalue weighted by molar-refractivity contribution is 5.56. The summed E-state index contributed by atoms with van der Waals surface area (Å²) < 4.78 is 28.9. The van der Waals surface area contributed by atoms with Crippen LogP contribution in [0.2, 0.25) is 0 Å². The van der Waals surface area contributed by atoms with Gasteiger partial charge in [0, 0.05) is 23.5 Å². The Morgan fingerprint density at radius 1 is 1.05 bits per heavy atom. The molecule has 21 heavy (non-hydrogen) atoms. The van der Waals surface area contributed by atoms with Crippen molar-refractivity contribution >= 4 is 11.4 Å². The normalized spacial score (nSPS) is 11.4. The molecule has 4 heteroatoms. The third-order valence-corrected chi connectivity index (χ3v) is 3.31. The molecule has 2 nitrogen and oxygen atoms in total. The number of alkyl halides is 2. The van der Waals surface area contributed by atoms with E-state index >= 15 is 0 Å². The van der Waals surface area contributed by atoms with Gasteiger partial charge in [-0.3, -0.25) is 0 Å². The molecule has 0 aliphatic rings. The van der Waals surface area contributed by atoms with Gasteiger partial charge < -0.3 is 10.6 Å². The molecule has 0 aromatic heterocycles. The Hall–Kier alpha value is -2.10. The Balaban J connectivity index is 2.23. The highest BCUT2D eigenvalue weighted by Crippen LogP contribution is 2.31. The minimum atomic E-state index is -2.90. The van der Waals surface area contributed by atoms with Crippen LogP contribution in [0.1, 0.15) is 18.9 Å². The van der Waals surface area contributed by atoms with Gasteiger partial charge in [0.2, 0.25) is 0 Å². The first-order chi connectivity index (χ1) is 10.0. The van der Waals surface area contributed by atoms with Gasteiger partial charge in [0.15, 0.2) is 0 Å². The van der Waals surface area contributed by atoms with Gasteiger partial charge in [-0.25, -0.2) is 0 Å². The molecule has 0 saturated heterocycles. The van der Waals surface area contributed by atoms with Crippen LogP contribution in [0, 0.1) is 0 Å². The third kappa shape index (κ3) is 3.94. The Morgan fingerprint density at radius 2 is 1.76 bits per heavy atom. The van der Waals surface area contributed by atoms with Crippen LogP contribution in [0.3, 0.4) is 0 Å². The average molecular weight is 290 g/mol. The van der Waals surface area contributed by atoms with Crippen LogP contribution in [-0.2, 0) is 5.92 Å². The zero-order valence-electron chi connectivity index (χ0n) is 12.1. The molecule has 0 aliphatic heterocycles. The van der Waals surface area contributed by atoms with Crippen molar-refractivity contribution in [2.45, 2.75) is 19.3 Å². The fourth-order valence-electron chi connectivity index (χ4n) is 2.30. The van der Waals surface area contributed by atoms with Crippen molar-refractivity contribution in [1.82, 2.24) is 0 Å². The summed E-state index contributed by atoms with van der Waals surface area (Å²) in [4.78, 5) is 1.68. The summed E-state index contributed by atoms with van der Waals surface area (Å²) in [7, 11) is 0. The largest absolute Gasteiger partial charge is 0.399 e. The lowest BCUT2D eigenvalue weighted by Gasteiger charge is -2.29. The first kappa shape index (κ1) is 15.3. The van der Waals surface area contributed by atoms with Crippen LogP contribution in [0.4, 0.5) is 20.2 Å². The van der Waals surface area contributed by atoms with Crippen LogP contribution in [0.15, 0.2) is 54.6 Å². The van der Waals surface area contributed by atoms with E-state index in [-0.39, 0.29) is 12.1 Å². The van der Waals surface area contributed by atoms with E-state index in [1.54, 1.807) is 41.3 Å². The van der Waals surface area contributed by atoms with E-state index in [9.17, 15) is 8.78 Å². The molecule has 0 amide bonds. The summed E-state index contributed by atoms with van der Waals surface area (Å²) in [5, 5.41) is 0. The molecule has 0 unspecified atom stereocenters. The Bertz CT molecular complexity index is 570. The monoisotopic (exact) mass is 290 g/mol. The van der Waals surface area contributed by atoms with Crippen molar-refractivity contribution in [1.29, 1.82) is 0 Å². The van der Waals surface area contributed by atoms with Crippen LogP contribution < -0.4 is 10.6 Å². The number of hydrogen-bond acceptors (Lipinski definition) is 2. The molecule has 2 aromatic rings. The van der Waals surface area contributed by atoms with Gasteiger partial charge in [0.25, 0.3) is 5.92 Å².